The molecule has 0 fully saturated rings. The number of carboxylic acids is 1. The Morgan fingerprint density at radius 2 is 2.12 bits per heavy atom. The highest BCUT2D eigenvalue weighted by Crippen LogP contribution is 2.57. The zero-order valence-corrected chi connectivity index (χ0v) is 15.0. The molecule has 4 nitrogen and oxygen atoms in total. The number of rotatable bonds is 4. The Morgan fingerprint density at radius 3 is 2.75 bits per heavy atom. The first kappa shape index (κ1) is 17.3. The molecule has 2 atom stereocenters. The summed E-state index contributed by atoms with van der Waals surface area (Å²) in [4.78, 5) is 22.9. The van der Waals surface area contributed by atoms with Crippen molar-refractivity contribution in [2.75, 3.05) is 0 Å². The van der Waals surface area contributed by atoms with Crippen LogP contribution in [0.1, 0.15) is 44.2 Å². The van der Waals surface area contributed by atoms with Crippen LogP contribution >= 0.6 is 23.2 Å². The Hall–Kier alpha value is -1.52. The van der Waals surface area contributed by atoms with Gasteiger partial charge in [-0.2, -0.15) is 0 Å². The van der Waals surface area contributed by atoms with Crippen molar-refractivity contribution in [2.45, 2.75) is 45.6 Å². The molecule has 0 aliphatic heterocycles. The number of carboxylic acid groups (broad SMARTS) is 1. The number of hydrogen-bond acceptors (Lipinski definition) is 3. The van der Waals surface area contributed by atoms with E-state index in [1.807, 2.05) is 0 Å². The molecule has 1 aromatic rings. The average Bonchev–Trinajstić information content (AvgIpc) is 2.86. The normalized spacial score (nSPS) is 23.3. The Kier molecular flexibility index (Phi) is 4.39. The van der Waals surface area contributed by atoms with Gasteiger partial charge in [-0.05, 0) is 49.5 Å². The molecule has 0 spiro atoms. The summed E-state index contributed by atoms with van der Waals surface area (Å²) in [5.41, 5.74) is 2.63. The maximum Gasteiger partial charge on any atom is 0.344 e. The third-order valence-corrected chi connectivity index (χ3v) is 5.96. The molecule has 24 heavy (non-hydrogen) atoms. The van der Waals surface area contributed by atoms with Gasteiger partial charge in [0.15, 0.2) is 11.9 Å². The van der Waals surface area contributed by atoms with Crippen molar-refractivity contribution in [3.63, 3.8) is 0 Å². The average molecular weight is 369 g/mol. The van der Waals surface area contributed by atoms with E-state index < -0.39 is 12.1 Å². The molecule has 0 heterocycles. The molecule has 2 aliphatic rings. The van der Waals surface area contributed by atoms with Crippen molar-refractivity contribution in [2.24, 2.45) is 5.41 Å². The second kappa shape index (κ2) is 6.08. The lowest BCUT2D eigenvalue weighted by Gasteiger charge is -2.32. The molecule has 0 aromatic heterocycles. The Labute approximate surface area is 150 Å². The first-order chi connectivity index (χ1) is 11.3. The van der Waals surface area contributed by atoms with Gasteiger partial charge in [0.25, 0.3) is 0 Å². The molecule has 1 aromatic carbocycles. The zero-order chi connectivity index (χ0) is 17.6. The van der Waals surface area contributed by atoms with Gasteiger partial charge in [0, 0.05) is 17.4 Å². The Balaban J connectivity index is 2.11. The second-order valence-electron chi connectivity index (χ2n) is 6.47. The van der Waals surface area contributed by atoms with Crippen LogP contribution in [0.3, 0.4) is 0 Å². The highest BCUT2D eigenvalue weighted by Gasteiger charge is 2.44. The number of ketones is 1. The van der Waals surface area contributed by atoms with Crippen LogP contribution in [0.5, 0.6) is 5.75 Å². The number of carbonyl (C=O) groups is 2. The topological polar surface area (TPSA) is 63.6 Å². The molecule has 3 rings (SSSR count). The van der Waals surface area contributed by atoms with E-state index in [-0.39, 0.29) is 22.0 Å². The van der Waals surface area contributed by atoms with Crippen LogP contribution < -0.4 is 4.74 Å². The van der Waals surface area contributed by atoms with Gasteiger partial charge in [-0.3, -0.25) is 4.79 Å². The monoisotopic (exact) mass is 368 g/mol. The van der Waals surface area contributed by atoms with Crippen molar-refractivity contribution in [3.8, 4) is 5.75 Å². The number of carbonyl (C=O) groups excluding carboxylic acids is 1. The van der Waals surface area contributed by atoms with Gasteiger partial charge in [-0.15, -0.1) is 0 Å². The van der Waals surface area contributed by atoms with Crippen molar-refractivity contribution in [1.29, 1.82) is 0 Å². The van der Waals surface area contributed by atoms with E-state index in [1.165, 1.54) is 6.92 Å². The molecule has 0 saturated carbocycles. The molecule has 6 heteroatoms. The summed E-state index contributed by atoms with van der Waals surface area (Å²) in [5, 5.41) is 9.55. The van der Waals surface area contributed by atoms with E-state index in [0.29, 0.717) is 11.4 Å². The predicted octanol–water partition coefficient (Wildman–Crippen LogP) is 4.54. The minimum Gasteiger partial charge on any atom is -0.479 e. The molecular formula is C18H18Cl2O4. The van der Waals surface area contributed by atoms with E-state index in [1.54, 1.807) is 12.1 Å². The minimum atomic E-state index is -1.07. The third kappa shape index (κ3) is 2.62. The number of fused-ring (bicyclic) bond motifs is 3. The SMILES string of the molecule is CCC12CCC(=O)C=C1c1c(cc(OC(C)C(=O)O)c(Cl)c1Cl)C2. The number of allylic oxidation sites excluding steroid dienone is 2. The van der Waals surface area contributed by atoms with Crippen molar-refractivity contribution in [1.82, 2.24) is 0 Å². The number of hydrogen-bond donors (Lipinski definition) is 1. The van der Waals surface area contributed by atoms with Gasteiger partial charge in [-0.25, -0.2) is 4.79 Å². The highest BCUT2D eigenvalue weighted by molar-refractivity contribution is 6.44. The van der Waals surface area contributed by atoms with Crippen LogP contribution in [0.4, 0.5) is 0 Å². The van der Waals surface area contributed by atoms with Crippen LogP contribution in [0.15, 0.2) is 12.1 Å². The van der Waals surface area contributed by atoms with Crippen LogP contribution in [-0.4, -0.2) is 23.0 Å². The first-order valence-electron chi connectivity index (χ1n) is 7.95. The van der Waals surface area contributed by atoms with Gasteiger partial charge < -0.3 is 9.84 Å². The van der Waals surface area contributed by atoms with E-state index >= 15 is 0 Å². The van der Waals surface area contributed by atoms with E-state index in [2.05, 4.69) is 6.92 Å². The Bertz CT molecular complexity index is 769. The molecule has 128 valence electrons. The number of halogens is 2. The molecule has 1 N–H and O–H groups in total. The highest BCUT2D eigenvalue weighted by atomic mass is 35.5. The lowest BCUT2D eigenvalue weighted by Crippen LogP contribution is -2.24. The molecular weight excluding hydrogens is 351 g/mol. The second-order valence-corrected chi connectivity index (χ2v) is 7.23. The zero-order valence-electron chi connectivity index (χ0n) is 13.5. The third-order valence-electron chi connectivity index (χ3n) is 5.11. The van der Waals surface area contributed by atoms with E-state index in [9.17, 15) is 9.59 Å². The summed E-state index contributed by atoms with van der Waals surface area (Å²) < 4.78 is 5.45. The standard InChI is InChI=1S/C18H18Cl2O4/c1-3-18-5-4-11(21)7-12(18)14-10(8-18)6-13(15(19)16(14)20)24-9(2)17(22)23/h6-7,9H,3-5,8H2,1-2H3,(H,22,23). The molecule has 2 unspecified atom stereocenters. The molecule has 0 amide bonds. The van der Waals surface area contributed by atoms with E-state index in [0.717, 1.165) is 36.0 Å². The number of aliphatic carboxylic acids is 1. The van der Waals surface area contributed by atoms with Crippen molar-refractivity contribution >= 4 is 40.5 Å². The fourth-order valence-corrected chi connectivity index (χ4v) is 4.18. The fraction of sp³-hybridized carbons (Fsp3) is 0.444. The Morgan fingerprint density at radius 1 is 1.42 bits per heavy atom. The van der Waals surface area contributed by atoms with Crippen molar-refractivity contribution in [3.05, 3.63) is 33.3 Å². The summed E-state index contributed by atoms with van der Waals surface area (Å²) in [6.07, 6.45) is 3.65. The summed E-state index contributed by atoms with van der Waals surface area (Å²) in [6.45, 7) is 3.54. The number of benzene rings is 1. The van der Waals surface area contributed by atoms with Gasteiger partial charge in [0.1, 0.15) is 10.8 Å². The van der Waals surface area contributed by atoms with E-state index in [4.69, 9.17) is 33.0 Å². The first-order valence-corrected chi connectivity index (χ1v) is 8.70. The quantitative estimate of drug-likeness (QED) is 0.846. The number of ether oxygens (including phenoxy) is 1. The van der Waals surface area contributed by atoms with Crippen LogP contribution in [0.2, 0.25) is 10.0 Å². The van der Waals surface area contributed by atoms with Crippen LogP contribution in [0.25, 0.3) is 5.57 Å². The van der Waals surface area contributed by atoms with Gasteiger partial charge in [-0.1, -0.05) is 30.1 Å². The summed E-state index contributed by atoms with van der Waals surface area (Å²) in [7, 11) is 0. The summed E-state index contributed by atoms with van der Waals surface area (Å²) in [6, 6.07) is 1.77. The molecule has 0 bridgehead atoms. The largest absolute Gasteiger partial charge is 0.479 e. The van der Waals surface area contributed by atoms with Crippen LogP contribution in [0, 0.1) is 5.41 Å². The van der Waals surface area contributed by atoms with Gasteiger partial charge in [0.05, 0.1) is 5.02 Å². The maximum atomic E-state index is 11.9. The van der Waals surface area contributed by atoms with Gasteiger partial charge >= 0.3 is 5.97 Å². The molecule has 2 aliphatic carbocycles. The van der Waals surface area contributed by atoms with Crippen LogP contribution in [-0.2, 0) is 16.0 Å². The summed E-state index contributed by atoms with van der Waals surface area (Å²) >= 11 is 12.8. The smallest absolute Gasteiger partial charge is 0.344 e. The fourth-order valence-electron chi connectivity index (χ4n) is 3.67. The van der Waals surface area contributed by atoms with Gasteiger partial charge in [0.2, 0.25) is 0 Å². The predicted molar refractivity (Wildman–Crippen MR) is 92.8 cm³/mol. The molecule has 0 saturated heterocycles. The molecule has 0 radical (unpaired) electrons. The van der Waals surface area contributed by atoms with Crippen molar-refractivity contribution < 1.29 is 19.4 Å². The maximum absolute atomic E-state index is 11.9. The summed E-state index contributed by atoms with van der Waals surface area (Å²) in [5.74, 6) is -0.698. The lowest BCUT2D eigenvalue weighted by molar-refractivity contribution is -0.144. The lowest BCUT2D eigenvalue weighted by atomic mass is 9.71. The minimum absolute atomic E-state index is 0.0970.